The Kier molecular flexibility index (Phi) is 34600. The van der Waals surface area contributed by atoms with E-state index in [1.807, 2.05) is 0 Å². The van der Waals surface area contributed by atoms with Crippen LogP contribution in [0.4, 0.5) is 18.8 Å². The van der Waals surface area contributed by atoms with E-state index in [0.717, 1.165) is 0 Å². The number of hydrogen-bond acceptors (Lipinski definition) is 0. The van der Waals surface area contributed by atoms with E-state index >= 15 is 0 Å². The van der Waals surface area contributed by atoms with E-state index in [1.54, 1.807) is 0 Å². The molecule has 0 fully saturated rings. The van der Waals surface area contributed by atoms with Crippen LogP contribution in [0.25, 0.3) is 0 Å². The molecule has 0 rings (SSSR count). The molecule has 0 aliphatic rings. The molecule has 0 aliphatic carbocycles. The van der Waals surface area contributed by atoms with Crippen LogP contribution in [-0.2, 0) is 0 Å². The first kappa shape index (κ1) is 603. The molecule has 0 N–H and O–H groups in total. The Hall–Kier alpha value is 0.584. The Balaban J connectivity index is 0. The summed E-state index contributed by atoms with van der Waals surface area (Å²) in [7, 11) is 0. The van der Waals surface area contributed by atoms with Gasteiger partial charge in [0.2, 0.25) is 0 Å². The van der Waals surface area contributed by atoms with Crippen LogP contribution in [0.5, 0.6) is 0 Å². The van der Waals surface area contributed by atoms with E-state index in [9.17, 15) is 0 Å². The second-order valence-electron chi connectivity index (χ2n) is 0. The van der Waals surface area contributed by atoms with Gasteiger partial charge in [0, 0.05) is 8.41 Å². The molecule has 0 aromatic heterocycles. The van der Waals surface area contributed by atoms with Crippen LogP contribution in [0.15, 0.2) is 0 Å². The zero-order valence-electron chi connectivity index (χ0n) is 2.92. The third-order valence-corrected chi connectivity index (χ3v) is 0. The zero-order valence-corrected chi connectivity index (χ0v) is 6.95. The average molecular weight is 212 g/mol. The summed E-state index contributed by atoms with van der Waals surface area (Å²) >= 11 is 0. The third kappa shape index (κ3) is 173. The van der Waals surface area contributed by atoms with Gasteiger partial charge in [-0.1, -0.05) is 0 Å². The summed E-state index contributed by atoms with van der Waals surface area (Å²) in [6, 6.07) is 0. The molecular weight excluding hydrogens is 206 g/mol. The summed E-state index contributed by atoms with van der Waals surface area (Å²) < 4.78 is 0. The molecule has 0 amide bonds. The van der Waals surface area contributed by atoms with Crippen molar-refractivity contribution in [2.24, 2.45) is 0 Å². The fourth-order valence-electron chi connectivity index (χ4n) is 0. The second kappa shape index (κ2) is 344. The molecule has 0 unspecified atom stereocenters. The molecule has 0 heterocycles. The van der Waals surface area contributed by atoms with Crippen molar-refractivity contribution in [2.45, 2.75) is 0 Å². The van der Waals surface area contributed by atoms with Crippen LogP contribution in [0, 0.1) is 0 Å². The number of rotatable bonds is 0. The minimum absolute atomic E-state index is 0. The van der Waals surface area contributed by atoms with E-state index in [-0.39, 0.29) is 51.1 Å². The van der Waals surface area contributed by atoms with Crippen LogP contribution in [-0.4, -0.2) is 32.3 Å². The van der Waals surface area contributed by atoms with Crippen molar-refractivity contribution in [3.05, 3.63) is 0 Å². The molecule has 6 heteroatoms. The van der Waals surface area contributed by atoms with Crippen LogP contribution in [0.3, 0.4) is 0 Å². The number of hydrogen-bond donors (Lipinski definition) is 0. The molecular formula is H6BF4Sn. The molecule has 0 saturated carbocycles. The van der Waals surface area contributed by atoms with Gasteiger partial charge >= 0.3 is 23.9 Å². The van der Waals surface area contributed by atoms with E-state index in [4.69, 9.17) is 0 Å². The molecule has 0 aliphatic heterocycles. The molecule has 41 valence electrons. The van der Waals surface area contributed by atoms with Gasteiger partial charge in [0.1, 0.15) is 0 Å². The topological polar surface area (TPSA) is 0 Å². The molecule has 0 bridgehead atoms. The third-order valence-electron chi connectivity index (χ3n) is 0. The average Bonchev–Trinajstić information content (AvgIpc) is 0. The first-order valence-corrected chi connectivity index (χ1v) is 0. The summed E-state index contributed by atoms with van der Waals surface area (Å²) in [5.74, 6) is 0. The number of halogens is 4. The first-order valence-electron chi connectivity index (χ1n) is 0. The zero-order chi connectivity index (χ0) is 0. The summed E-state index contributed by atoms with van der Waals surface area (Å²) in [6.45, 7) is 0. The predicted octanol–water partition coefficient (Wildman–Crippen LogP) is -0.687. The monoisotopic (exact) mass is 213 g/mol. The molecule has 0 saturated heterocycles. The molecule has 0 spiro atoms. The van der Waals surface area contributed by atoms with Crippen molar-refractivity contribution >= 4 is 32.3 Å². The Morgan fingerprint density at radius 1 is 0.500 bits per heavy atom. The van der Waals surface area contributed by atoms with Gasteiger partial charge in [-0.15, -0.1) is 0 Å². The summed E-state index contributed by atoms with van der Waals surface area (Å²) in [4.78, 5) is 0. The van der Waals surface area contributed by atoms with Crippen molar-refractivity contribution in [1.82, 2.24) is 0 Å². The van der Waals surface area contributed by atoms with Crippen LogP contribution in [0.1, 0.15) is 0 Å². The maximum absolute atomic E-state index is 0. The van der Waals surface area contributed by atoms with Gasteiger partial charge in [-0.2, -0.15) is 0 Å². The van der Waals surface area contributed by atoms with E-state index in [0.29, 0.717) is 0 Å². The Morgan fingerprint density at radius 2 is 0.500 bits per heavy atom. The van der Waals surface area contributed by atoms with Gasteiger partial charge in [0.25, 0.3) is 0 Å². The molecule has 5 radical (unpaired) electrons. The van der Waals surface area contributed by atoms with Gasteiger partial charge in [-0.25, -0.2) is 0 Å². The van der Waals surface area contributed by atoms with Crippen molar-refractivity contribution in [1.29, 1.82) is 0 Å². The molecule has 0 nitrogen and oxygen atoms in total. The Labute approximate surface area is 51.7 Å². The Bertz CT molecular complexity index is 7.51. The summed E-state index contributed by atoms with van der Waals surface area (Å²) in [5, 5.41) is 0. The van der Waals surface area contributed by atoms with Gasteiger partial charge in [0.15, 0.2) is 0 Å². The standard InChI is InChI=1S/B.4FH.Sn.2H/h;4*1H;;;. The maximum atomic E-state index is 0. The van der Waals surface area contributed by atoms with Crippen LogP contribution < -0.4 is 0 Å². The molecule has 0 aromatic carbocycles. The summed E-state index contributed by atoms with van der Waals surface area (Å²) in [6.07, 6.45) is 0. The van der Waals surface area contributed by atoms with Gasteiger partial charge in [-0.05, 0) is 0 Å². The van der Waals surface area contributed by atoms with Crippen molar-refractivity contribution in [3.63, 3.8) is 0 Å². The van der Waals surface area contributed by atoms with E-state index in [2.05, 4.69) is 0 Å². The Morgan fingerprint density at radius 3 is 0.500 bits per heavy atom. The molecule has 0 atom stereocenters. The van der Waals surface area contributed by atoms with Crippen molar-refractivity contribution in [2.75, 3.05) is 0 Å². The normalized spacial score (nSPS) is 0. The SMILES string of the molecule is F.F.F.F.[B].[SnH2]. The van der Waals surface area contributed by atoms with Gasteiger partial charge in [0.05, 0.1) is 0 Å². The molecule has 6 heavy (non-hydrogen) atoms. The minimum atomic E-state index is 0. The van der Waals surface area contributed by atoms with E-state index in [1.165, 1.54) is 0 Å². The van der Waals surface area contributed by atoms with Gasteiger partial charge in [-0.3, -0.25) is 18.8 Å². The predicted molar refractivity (Wildman–Crippen MR) is 24.3 cm³/mol. The van der Waals surface area contributed by atoms with Crippen LogP contribution in [0.2, 0.25) is 0 Å². The fraction of sp³-hybridized carbons (Fsp3) is 0. The first-order chi connectivity index (χ1) is 0. The van der Waals surface area contributed by atoms with E-state index < -0.39 is 0 Å². The quantitative estimate of drug-likeness (QED) is 0.368. The van der Waals surface area contributed by atoms with Gasteiger partial charge < -0.3 is 0 Å². The van der Waals surface area contributed by atoms with Crippen LogP contribution >= 0.6 is 0 Å². The van der Waals surface area contributed by atoms with Crippen molar-refractivity contribution < 1.29 is 18.8 Å². The fourth-order valence-corrected chi connectivity index (χ4v) is 0. The summed E-state index contributed by atoms with van der Waals surface area (Å²) in [5.41, 5.74) is 0. The molecule has 0 aromatic rings. The van der Waals surface area contributed by atoms with Crippen molar-refractivity contribution in [3.8, 4) is 0 Å². The second-order valence-corrected chi connectivity index (χ2v) is 0.